The lowest BCUT2D eigenvalue weighted by Crippen LogP contribution is -2.39. The van der Waals surface area contributed by atoms with Gasteiger partial charge in [-0.2, -0.15) is 5.10 Å². The predicted molar refractivity (Wildman–Crippen MR) is 49.9 cm³/mol. The van der Waals surface area contributed by atoms with Crippen LogP contribution in [0.5, 0.6) is 5.88 Å². The Morgan fingerprint density at radius 2 is 2.62 bits per heavy atom. The maximum atomic E-state index is 5.63. The fraction of sp³-hybridized carbons (Fsp3) is 0.667. The normalized spacial score (nSPS) is 20.9. The van der Waals surface area contributed by atoms with Gasteiger partial charge in [0.25, 0.3) is 0 Å². The number of aryl methyl sites for hydroxylation is 1. The van der Waals surface area contributed by atoms with Crippen LogP contribution in [0.4, 0.5) is 0 Å². The lowest BCUT2D eigenvalue weighted by molar-refractivity contribution is 0.187. The van der Waals surface area contributed by atoms with E-state index in [1.165, 1.54) is 5.56 Å². The lowest BCUT2D eigenvalue weighted by Gasteiger charge is -2.24. The molecule has 0 saturated carbocycles. The number of likely N-dealkylation sites (N-methyl/N-ethyl adjacent to an activating group) is 1. The van der Waals surface area contributed by atoms with Gasteiger partial charge in [-0.1, -0.05) is 6.92 Å². The van der Waals surface area contributed by atoms with Crippen molar-refractivity contribution in [1.29, 1.82) is 0 Å². The molecule has 0 radical (unpaired) electrons. The summed E-state index contributed by atoms with van der Waals surface area (Å²) >= 11 is 0. The standard InChI is InChI=1S/C9H15N3O/c1-3-7-4-11-12-5-8(10-2)6-13-9(7)12/h4,8,10H,3,5-6H2,1-2H3/t8-/m0/s1. The monoisotopic (exact) mass is 181 g/mol. The zero-order chi connectivity index (χ0) is 9.26. The molecule has 0 saturated heterocycles. The molecule has 0 spiro atoms. The average molecular weight is 181 g/mol. The van der Waals surface area contributed by atoms with Gasteiger partial charge >= 0.3 is 0 Å². The first-order valence-corrected chi connectivity index (χ1v) is 4.70. The fourth-order valence-electron chi connectivity index (χ4n) is 1.57. The lowest BCUT2D eigenvalue weighted by atomic mass is 10.2. The Labute approximate surface area is 77.9 Å². The molecule has 1 aromatic heterocycles. The maximum Gasteiger partial charge on any atom is 0.215 e. The van der Waals surface area contributed by atoms with Crippen LogP contribution >= 0.6 is 0 Å². The van der Waals surface area contributed by atoms with Gasteiger partial charge in [0.1, 0.15) is 6.61 Å². The highest BCUT2D eigenvalue weighted by Gasteiger charge is 2.20. The highest BCUT2D eigenvalue weighted by molar-refractivity contribution is 5.25. The highest BCUT2D eigenvalue weighted by atomic mass is 16.5. The van der Waals surface area contributed by atoms with Gasteiger partial charge in [0.2, 0.25) is 5.88 Å². The summed E-state index contributed by atoms with van der Waals surface area (Å²) in [5, 5.41) is 7.46. The van der Waals surface area contributed by atoms with Crippen molar-refractivity contribution in [1.82, 2.24) is 15.1 Å². The molecule has 1 N–H and O–H groups in total. The predicted octanol–water partition coefficient (Wildman–Crippen LogP) is 0.426. The van der Waals surface area contributed by atoms with Crippen LogP contribution in [-0.2, 0) is 13.0 Å². The van der Waals surface area contributed by atoms with Gasteiger partial charge in [0.15, 0.2) is 0 Å². The van der Waals surface area contributed by atoms with E-state index < -0.39 is 0 Å². The number of rotatable bonds is 2. The Kier molecular flexibility index (Phi) is 2.22. The zero-order valence-electron chi connectivity index (χ0n) is 8.08. The van der Waals surface area contributed by atoms with E-state index in [0.717, 1.165) is 25.5 Å². The van der Waals surface area contributed by atoms with Gasteiger partial charge in [0.05, 0.1) is 18.8 Å². The molecule has 13 heavy (non-hydrogen) atoms. The summed E-state index contributed by atoms with van der Waals surface area (Å²) < 4.78 is 7.56. The smallest absolute Gasteiger partial charge is 0.215 e. The van der Waals surface area contributed by atoms with Crippen molar-refractivity contribution in [3.8, 4) is 5.88 Å². The van der Waals surface area contributed by atoms with Crippen molar-refractivity contribution < 1.29 is 4.74 Å². The molecule has 1 aliphatic rings. The number of hydrogen-bond acceptors (Lipinski definition) is 3. The molecule has 0 bridgehead atoms. The molecule has 4 nitrogen and oxygen atoms in total. The molecule has 1 aromatic rings. The highest BCUT2D eigenvalue weighted by Crippen LogP contribution is 2.22. The number of fused-ring (bicyclic) bond motifs is 1. The topological polar surface area (TPSA) is 39.1 Å². The van der Waals surface area contributed by atoms with Gasteiger partial charge in [-0.15, -0.1) is 0 Å². The van der Waals surface area contributed by atoms with Crippen LogP contribution in [0.25, 0.3) is 0 Å². The van der Waals surface area contributed by atoms with Gasteiger partial charge in [-0.25, -0.2) is 4.68 Å². The quantitative estimate of drug-likeness (QED) is 0.719. The first kappa shape index (κ1) is 8.56. The third kappa shape index (κ3) is 1.42. The second-order valence-electron chi connectivity index (χ2n) is 3.31. The van der Waals surface area contributed by atoms with Crippen LogP contribution in [0.3, 0.4) is 0 Å². The molecule has 0 unspecified atom stereocenters. The molecule has 2 heterocycles. The Bertz CT molecular complexity index is 295. The van der Waals surface area contributed by atoms with Gasteiger partial charge in [0, 0.05) is 5.56 Å². The summed E-state index contributed by atoms with van der Waals surface area (Å²) in [7, 11) is 1.95. The maximum absolute atomic E-state index is 5.63. The zero-order valence-corrected chi connectivity index (χ0v) is 8.08. The van der Waals surface area contributed by atoms with Crippen LogP contribution in [0.2, 0.25) is 0 Å². The summed E-state index contributed by atoms with van der Waals surface area (Å²) in [6.07, 6.45) is 2.88. The largest absolute Gasteiger partial charge is 0.476 e. The minimum atomic E-state index is 0.386. The van der Waals surface area contributed by atoms with Crippen molar-refractivity contribution in [3.63, 3.8) is 0 Å². The fourth-order valence-corrected chi connectivity index (χ4v) is 1.57. The SMILES string of the molecule is CCc1cnn2c1OC[C@@H](NC)C2. The van der Waals surface area contributed by atoms with Crippen molar-refractivity contribution >= 4 is 0 Å². The average Bonchev–Trinajstić information content (AvgIpc) is 2.59. The number of nitrogens with zero attached hydrogens (tertiary/aromatic N) is 2. The molecule has 0 aromatic carbocycles. The van der Waals surface area contributed by atoms with E-state index in [1.54, 1.807) is 0 Å². The summed E-state index contributed by atoms with van der Waals surface area (Å²) in [5.41, 5.74) is 1.20. The van der Waals surface area contributed by atoms with E-state index in [4.69, 9.17) is 4.74 Å². The molecule has 0 amide bonds. The van der Waals surface area contributed by atoms with E-state index in [9.17, 15) is 0 Å². The molecular weight excluding hydrogens is 166 g/mol. The molecular formula is C9H15N3O. The van der Waals surface area contributed by atoms with Gasteiger partial charge < -0.3 is 10.1 Å². The van der Waals surface area contributed by atoms with Crippen molar-refractivity contribution in [2.45, 2.75) is 25.9 Å². The summed E-state index contributed by atoms with van der Waals surface area (Å²) in [5.74, 6) is 0.953. The third-order valence-electron chi connectivity index (χ3n) is 2.47. The van der Waals surface area contributed by atoms with Crippen LogP contribution < -0.4 is 10.1 Å². The number of nitrogens with one attached hydrogen (secondary N) is 1. The third-order valence-corrected chi connectivity index (χ3v) is 2.47. The van der Waals surface area contributed by atoms with Crippen LogP contribution in [0.1, 0.15) is 12.5 Å². The number of ether oxygens (including phenoxy) is 1. The van der Waals surface area contributed by atoms with E-state index in [-0.39, 0.29) is 0 Å². The molecule has 1 atom stereocenters. The molecule has 4 heteroatoms. The Morgan fingerprint density at radius 1 is 1.77 bits per heavy atom. The van der Waals surface area contributed by atoms with Crippen molar-refractivity contribution in [3.05, 3.63) is 11.8 Å². The summed E-state index contributed by atoms with van der Waals surface area (Å²) in [4.78, 5) is 0. The second-order valence-corrected chi connectivity index (χ2v) is 3.31. The van der Waals surface area contributed by atoms with E-state index in [0.29, 0.717) is 6.04 Å². The summed E-state index contributed by atoms with van der Waals surface area (Å²) in [6.45, 7) is 3.77. The van der Waals surface area contributed by atoms with Crippen LogP contribution in [0.15, 0.2) is 6.20 Å². The van der Waals surface area contributed by atoms with Crippen molar-refractivity contribution in [2.24, 2.45) is 0 Å². The van der Waals surface area contributed by atoms with Crippen LogP contribution in [0, 0.1) is 0 Å². The molecule has 1 aliphatic heterocycles. The van der Waals surface area contributed by atoms with Gasteiger partial charge in [-0.3, -0.25) is 0 Å². The van der Waals surface area contributed by atoms with Gasteiger partial charge in [-0.05, 0) is 13.5 Å². The van der Waals surface area contributed by atoms with E-state index in [2.05, 4.69) is 17.3 Å². The molecule has 2 rings (SSSR count). The Morgan fingerprint density at radius 3 is 3.31 bits per heavy atom. The summed E-state index contributed by atoms with van der Waals surface area (Å²) in [6, 6.07) is 0.386. The number of aromatic nitrogens is 2. The Hall–Kier alpha value is -1.03. The first-order valence-electron chi connectivity index (χ1n) is 4.70. The minimum absolute atomic E-state index is 0.386. The van der Waals surface area contributed by atoms with Crippen LogP contribution in [-0.4, -0.2) is 29.5 Å². The minimum Gasteiger partial charge on any atom is -0.476 e. The molecule has 0 fully saturated rings. The second kappa shape index (κ2) is 3.38. The van der Waals surface area contributed by atoms with Crippen molar-refractivity contribution in [2.75, 3.05) is 13.7 Å². The number of hydrogen-bond donors (Lipinski definition) is 1. The van der Waals surface area contributed by atoms with E-state index >= 15 is 0 Å². The molecule has 72 valence electrons. The molecule has 0 aliphatic carbocycles. The Balaban J connectivity index is 2.22. The van der Waals surface area contributed by atoms with E-state index in [1.807, 2.05) is 17.9 Å². The first-order chi connectivity index (χ1) is 6.35.